The molecule has 102 valence electrons. The Morgan fingerprint density at radius 3 is 2.39 bits per heavy atom. The zero-order chi connectivity index (χ0) is 13.9. The second-order valence-electron chi connectivity index (χ2n) is 3.77. The smallest absolute Gasteiger partial charge is 0.389 e. The van der Waals surface area contributed by atoms with Crippen LogP contribution in [0.4, 0.5) is 13.2 Å². The van der Waals surface area contributed by atoms with E-state index in [4.69, 9.17) is 33.7 Å². The van der Waals surface area contributed by atoms with Crippen molar-refractivity contribution in [2.45, 2.75) is 25.1 Å². The van der Waals surface area contributed by atoms with E-state index in [2.05, 4.69) is 0 Å². The van der Waals surface area contributed by atoms with Gasteiger partial charge >= 0.3 is 6.18 Å². The van der Waals surface area contributed by atoms with Gasteiger partial charge in [0, 0.05) is 23.6 Å². The third kappa shape index (κ3) is 4.23. The fraction of sp³-hybridized carbons (Fsp3) is 0.455. The number of rotatable bonds is 4. The molecule has 0 fully saturated rings. The van der Waals surface area contributed by atoms with E-state index in [0.29, 0.717) is 11.3 Å². The zero-order valence-corrected chi connectivity index (χ0v) is 11.0. The average molecular weight is 302 g/mol. The summed E-state index contributed by atoms with van der Waals surface area (Å²) in [7, 11) is 1.42. The molecule has 1 unspecified atom stereocenters. The molecule has 0 aliphatic carbocycles. The normalized spacial score (nSPS) is 13.5. The van der Waals surface area contributed by atoms with Gasteiger partial charge in [-0.15, -0.1) is 0 Å². The lowest BCUT2D eigenvalue weighted by atomic mass is 10.0. The number of hydrogen-bond acceptors (Lipinski definition) is 2. The lowest BCUT2D eigenvalue weighted by Crippen LogP contribution is -2.16. The number of nitrogens with two attached hydrogens (primary N) is 1. The largest absolute Gasteiger partial charge is 0.495 e. The molecule has 0 saturated carbocycles. The first-order chi connectivity index (χ1) is 8.24. The molecule has 0 amide bonds. The summed E-state index contributed by atoms with van der Waals surface area (Å²) in [5, 5.41) is 0.505. The van der Waals surface area contributed by atoms with Crippen LogP contribution in [0.25, 0.3) is 0 Å². The summed E-state index contributed by atoms with van der Waals surface area (Å²) in [6.07, 6.45) is -5.44. The molecule has 18 heavy (non-hydrogen) atoms. The summed E-state index contributed by atoms with van der Waals surface area (Å²) in [5.41, 5.74) is 6.06. The van der Waals surface area contributed by atoms with Crippen LogP contribution < -0.4 is 10.5 Å². The van der Waals surface area contributed by atoms with E-state index >= 15 is 0 Å². The Morgan fingerprint density at radius 2 is 1.89 bits per heavy atom. The van der Waals surface area contributed by atoms with E-state index in [-0.39, 0.29) is 16.5 Å². The minimum absolute atomic E-state index is 0.242. The quantitative estimate of drug-likeness (QED) is 0.897. The van der Waals surface area contributed by atoms with Crippen molar-refractivity contribution in [3.8, 4) is 5.75 Å². The molecule has 0 aliphatic rings. The standard InChI is InChI=1S/C11H12Cl2F3NO/c1-18-10-5-7(12)6(4-8(10)13)9(17)2-3-11(14,15)16/h4-5,9H,2-3,17H2,1H3. The van der Waals surface area contributed by atoms with Gasteiger partial charge in [-0.3, -0.25) is 0 Å². The maximum absolute atomic E-state index is 12.1. The topological polar surface area (TPSA) is 35.2 Å². The molecule has 0 heterocycles. The van der Waals surface area contributed by atoms with Crippen molar-refractivity contribution in [2.24, 2.45) is 5.73 Å². The molecule has 1 atom stereocenters. The molecule has 7 heteroatoms. The average Bonchev–Trinajstić information content (AvgIpc) is 2.27. The number of hydrogen-bond donors (Lipinski definition) is 1. The van der Waals surface area contributed by atoms with Gasteiger partial charge in [0.2, 0.25) is 0 Å². The maximum atomic E-state index is 12.1. The fourth-order valence-electron chi connectivity index (χ4n) is 1.46. The molecule has 0 aromatic heterocycles. The van der Waals surface area contributed by atoms with Crippen LogP contribution in [0.1, 0.15) is 24.4 Å². The van der Waals surface area contributed by atoms with Crippen LogP contribution in [-0.2, 0) is 0 Å². The Bertz CT molecular complexity index is 423. The summed E-state index contributed by atoms with van der Waals surface area (Å²) in [6, 6.07) is 2.05. The highest BCUT2D eigenvalue weighted by Crippen LogP contribution is 2.35. The third-order valence-corrected chi connectivity index (χ3v) is 3.03. The molecular formula is C11H12Cl2F3NO. The van der Waals surface area contributed by atoms with Gasteiger partial charge in [-0.05, 0) is 18.1 Å². The van der Waals surface area contributed by atoms with Gasteiger partial charge in [-0.25, -0.2) is 0 Å². The first kappa shape index (κ1) is 15.4. The number of halogens is 5. The lowest BCUT2D eigenvalue weighted by molar-refractivity contribution is -0.136. The SMILES string of the molecule is COc1cc(Cl)c(C(N)CCC(F)(F)F)cc1Cl. The van der Waals surface area contributed by atoms with E-state index in [9.17, 15) is 13.2 Å². The summed E-state index contributed by atoms with van der Waals surface area (Å²) < 4.78 is 41.2. The van der Waals surface area contributed by atoms with Gasteiger partial charge in [0.25, 0.3) is 0 Å². The van der Waals surface area contributed by atoms with Crippen LogP contribution >= 0.6 is 23.2 Å². The highest BCUT2D eigenvalue weighted by Gasteiger charge is 2.28. The maximum Gasteiger partial charge on any atom is 0.389 e. The molecule has 0 saturated heterocycles. The Kier molecular flexibility index (Phi) is 5.13. The van der Waals surface area contributed by atoms with Crippen molar-refractivity contribution in [1.82, 2.24) is 0 Å². The zero-order valence-electron chi connectivity index (χ0n) is 9.52. The molecule has 0 spiro atoms. The van der Waals surface area contributed by atoms with Crippen LogP contribution in [0.2, 0.25) is 10.0 Å². The van der Waals surface area contributed by atoms with Crippen molar-refractivity contribution in [3.05, 3.63) is 27.7 Å². The van der Waals surface area contributed by atoms with E-state index in [1.807, 2.05) is 0 Å². The highest BCUT2D eigenvalue weighted by atomic mass is 35.5. The number of ether oxygens (including phenoxy) is 1. The van der Waals surface area contributed by atoms with E-state index in [1.165, 1.54) is 19.2 Å². The van der Waals surface area contributed by atoms with Crippen LogP contribution in [0.3, 0.4) is 0 Å². The lowest BCUT2D eigenvalue weighted by Gasteiger charge is -2.16. The molecule has 1 aromatic rings. The Morgan fingerprint density at radius 1 is 1.28 bits per heavy atom. The summed E-state index contributed by atoms with van der Waals surface area (Å²) in [4.78, 5) is 0. The Hall–Kier alpha value is -0.650. The van der Waals surface area contributed by atoms with Gasteiger partial charge < -0.3 is 10.5 Å². The van der Waals surface area contributed by atoms with Gasteiger partial charge in [0.15, 0.2) is 0 Å². The van der Waals surface area contributed by atoms with Crippen molar-refractivity contribution >= 4 is 23.2 Å². The molecule has 0 radical (unpaired) electrons. The van der Waals surface area contributed by atoms with Crippen LogP contribution in [0, 0.1) is 0 Å². The monoisotopic (exact) mass is 301 g/mol. The molecule has 1 rings (SSSR count). The predicted molar refractivity (Wildman–Crippen MR) is 65.2 cm³/mol. The van der Waals surface area contributed by atoms with Gasteiger partial charge in [-0.1, -0.05) is 23.2 Å². The Balaban J connectivity index is 2.86. The van der Waals surface area contributed by atoms with Gasteiger partial charge in [0.05, 0.1) is 12.1 Å². The van der Waals surface area contributed by atoms with Crippen LogP contribution in [0.5, 0.6) is 5.75 Å². The number of benzene rings is 1. The van der Waals surface area contributed by atoms with E-state index in [1.54, 1.807) is 0 Å². The van der Waals surface area contributed by atoms with E-state index < -0.39 is 18.6 Å². The first-order valence-corrected chi connectivity index (χ1v) is 5.85. The summed E-state index contributed by atoms with van der Waals surface area (Å²) in [5.74, 6) is 0.355. The number of methoxy groups -OCH3 is 1. The molecule has 2 nitrogen and oxygen atoms in total. The summed E-state index contributed by atoms with van der Waals surface area (Å²) >= 11 is 11.8. The molecule has 0 bridgehead atoms. The summed E-state index contributed by atoms with van der Waals surface area (Å²) in [6.45, 7) is 0. The van der Waals surface area contributed by atoms with Crippen molar-refractivity contribution in [3.63, 3.8) is 0 Å². The van der Waals surface area contributed by atoms with Crippen molar-refractivity contribution in [1.29, 1.82) is 0 Å². The van der Waals surface area contributed by atoms with E-state index in [0.717, 1.165) is 0 Å². The second kappa shape index (κ2) is 5.99. The predicted octanol–water partition coefficient (Wildman–Crippen LogP) is 4.34. The molecule has 1 aromatic carbocycles. The fourth-order valence-corrected chi connectivity index (χ4v) is 2.00. The molecule has 2 N–H and O–H groups in total. The van der Waals surface area contributed by atoms with Gasteiger partial charge in [0.1, 0.15) is 5.75 Å². The molecular weight excluding hydrogens is 290 g/mol. The van der Waals surface area contributed by atoms with Crippen LogP contribution in [-0.4, -0.2) is 13.3 Å². The van der Waals surface area contributed by atoms with Gasteiger partial charge in [-0.2, -0.15) is 13.2 Å². The minimum Gasteiger partial charge on any atom is -0.495 e. The first-order valence-electron chi connectivity index (χ1n) is 5.10. The Labute approximate surface area is 113 Å². The van der Waals surface area contributed by atoms with Crippen molar-refractivity contribution < 1.29 is 17.9 Å². The number of alkyl halides is 3. The van der Waals surface area contributed by atoms with Crippen molar-refractivity contribution in [2.75, 3.05) is 7.11 Å². The minimum atomic E-state index is -4.24. The third-order valence-electron chi connectivity index (χ3n) is 2.41. The molecule has 0 aliphatic heterocycles. The van der Waals surface area contributed by atoms with Crippen LogP contribution in [0.15, 0.2) is 12.1 Å². The second-order valence-corrected chi connectivity index (χ2v) is 4.58. The highest BCUT2D eigenvalue weighted by molar-refractivity contribution is 6.34.